The van der Waals surface area contributed by atoms with E-state index in [1.165, 1.54) is 11.3 Å². The summed E-state index contributed by atoms with van der Waals surface area (Å²) in [5, 5.41) is 10.7. The van der Waals surface area contributed by atoms with E-state index in [9.17, 15) is 0 Å². The minimum Gasteiger partial charge on any atom is -0.497 e. The summed E-state index contributed by atoms with van der Waals surface area (Å²) < 4.78 is 5.22. The highest BCUT2D eigenvalue weighted by Crippen LogP contribution is 2.28. The topological polar surface area (TPSA) is 49.9 Å². The monoisotopic (exact) mass is 215 g/mol. The van der Waals surface area contributed by atoms with E-state index >= 15 is 0 Å². The molecule has 1 aliphatic heterocycles. The molecule has 0 radical (unpaired) electrons. The van der Waals surface area contributed by atoms with Crippen molar-refractivity contribution < 1.29 is 4.74 Å². The third kappa shape index (κ3) is 1.39. The van der Waals surface area contributed by atoms with Crippen molar-refractivity contribution in [1.82, 2.24) is 15.5 Å². The molecule has 0 bridgehead atoms. The van der Waals surface area contributed by atoms with Crippen LogP contribution in [0.2, 0.25) is 0 Å². The summed E-state index contributed by atoms with van der Waals surface area (Å²) in [5.74, 6) is 0.861. The molecule has 0 atom stereocenters. The summed E-state index contributed by atoms with van der Waals surface area (Å²) in [4.78, 5) is 0. The first-order valence-corrected chi connectivity index (χ1v) is 5.30. The molecule has 0 saturated heterocycles. The lowest BCUT2D eigenvalue weighted by Crippen LogP contribution is -2.02. The first kappa shape index (κ1) is 9.42. The van der Waals surface area contributed by atoms with Crippen LogP contribution in [0.15, 0.2) is 24.3 Å². The maximum atomic E-state index is 5.22. The molecule has 0 spiro atoms. The number of H-pyrrole nitrogens is 1. The zero-order chi connectivity index (χ0) is 11.0. The normalized spacial score (nSPS) is 13.8. The molecule has 0 unspecified atom stereocenters. The summed E-state index contributed by atoms with van der Waals surface area (Å²) in [6, 6.07) is 7.98. The van der Waals surface area contributed by atoms with Gasteiger partial charge in [-0.1, -0.05) is 12.1 Å². The number of nitrogens with one attached hydrogen (secondary N) is 2. The molecule has 82 valence electrons. The molecule has 0 aliphatic carbocycles. The molecule has 1 aromatic carbocycles. The van der Waals surface area contributed by atoms with Crippen molar-refractivity contribution in [3.8, 4) is 17.0 Å². The Bertz CT molecular complexity index is 519. The van der Waals surface area contributed by atoms with Crippen LogP contribution in [0.3, 0.4) is 0 Å². The third-order valence-corrected chi connectivity index (χ3v) is 2.90. The van der Waals surface area contributed by atoms with Gasteiger partial charge < -0.3 is 10.1 Å². The van der Waals surface area contributed by atoms with Crippen molar-refractivity contribution in [2.24, 2.45) is 0 Å². The van der Waals surface area contributed by atoms with Crippen LogP contribution in [0, 0.1) is 0 Å². The molecule has 1 aliphatic rings. The summed E-state index contributed by atoms with van der Waals surface area (Å²) in [5.41, 5.74) is 4.59. The molecule has 2 aromatic rings. The van der Waals surface area contributed by atoms with E-state index in [4.69, 9.17) is 4.74 Å². The molecule has 2 heterocycles. The summed E-state index contributed by atoms with van der Waals surface area (Å²) in [6.45, 7) is 1.77. The van der Waals surface area contributed by atoms with Crippen LogP contribution in [0.5, 0.6) is 5.75 Å². The number of benzene rings is 1. The number of aromatic amines is 1. The Balaban J connectivity index is 2.08. The fourth-order valence-electron chi connectivity index (χ4n) is 2.06. The lowest BCUT2D eigenvalue weighted by molar-refractivity contribution is 0.415. The van der Waals surface area contributed by atoms with Gasteiger partial charge in [0.1, 0.15) is 5.75 Å². The number of rotatable bonds is 2. The molecule has 2 N–H and O–H groups in total. The van der Waals surface area contributed by atoms with E-state index in [-0.39, 0.29) is 0 Å². The Morgan fingerprint density at radius 3 is 3.12 bits per heavy atom. The minimum absolute atomic E-state index is 0.861. The van der Waals surface area contributed by atoms with Gasteiger partial charge in [0.05, 0.1) is 18.5 Å². The number of methoxy groups -OCH3 is 1. The first-order valence-electron chi connectivity index (χ1n) is 5.30. The van der Waals surface area contributed by atoms with Gasteiger partial charge in [0.25, 0.3) is 0 Å². The zero-order valence-electron chi connectivity index (χ0n) is 9.08. The Hall–Kier alpha value is -1.81. The number of aromatic nitrogens is 2. The number of nitrogens with zero attached hydrogens (tertiary/aromatic N) is 1. The SMILES string of the molecule is COc1cccc(-c2n[nH]c3c2CNC3)c1. The fourth-order valence-corrected chi connectivity index (χ4v) is 2.06. The Morgan fingerprint density at radius 2 is 2.25 bits per heavy atom. The van der Waals surface area contributed by atoms with E-state index in [0.29, 0.717) is 0 Å². The highest BCUT2D eigenvalue weighted by Gasteiger charge is 2.18. The van der Waals surface area contributed by atoms with Crippen molar-refractivity contribution in [3.05, 3.63) is 35.5 Å². The average Bonchev–Trinajstić information content (AvgIpc) is 2.90. The molecule has 1 aromatic heterocycles. The number of fused-ring (bicyclic) bond motifs is 1. The summed E-state index contributed by atoms with van der Waals surface area (Å²) >= 11 is 0. The van der Waals surface area contributed by atoms with Gasteiger partial charge in [0.2, 0.25) is 0 Å². The smallest absolute Gasteiger partial charge is 0.119 e. The lowest BCUT2D eigenvalue weighted by atomic mass is 10.1. The van der Waals surface area contributed by atoms with E-state index in [1.54, 1.807) is 7.11 Å². The fraction of sp³-hybridized carbons (Fsp3) is 0.250. The van der Waals surface area contributed by atoms with Crippen LogP contribution < -0.4 is 10.1 Å². The van der Waals surface area contributed by atoms with E-state index in [1.807, 2.05) is 18.2 Å². The van der Waals surface area contributed by atoms with Crippen LogP contribution >= 0.6 is 0 Å². The second-order valence-electron chi connectivity index (χ2n) is 3.86. The Kier molecular flexibility index (Phi) is 2.15. The predicted octanol–water partition coefficient (Wildman–Crippen LogP) is 1.69. The van der Waals surface area contributed by atoms with Crippen LogP contribution in [-0.4, -0.2) is 17.3 Å². The molecule has 4 nitrogen and oxygen atoms in total. The van der Waals surface area contributed by atoms with Crippen molar-refractivity contribution >= 4 is 0 Å². The van der Waals surface area contributed by atoms with E-state index in [2.05, 4.69) is 21.6 Å². The van der Waals surface area contributed by atoms with Crippen molar-refractivity contribution in [1.29, 1.82) is 0 Å². The number of hydrogen-bond donors (Lipinski definition) is 2. The second-order valence-corrected chi connectivity index (χ2v) is 3.86. The standard InChI is InChI=1S/C12H13N3O/c1-16-9-4-2-3-8(5-9)12-10-6-13-7-11(10)14-15-12/h2-5,13H,6-7H2,1H3,(H,14,15). The maximum absolute atomic E-state index is 5.22. The predicted molar refractivity (Wildman–Crippen MR) is 61.1 cm³/mol. The van der Waals surface area contributed by atoms with Crippen LogP contribution in [0.4, 0.5) is 0 Å². The highest BCUT2D eigenvalue weighted by atomic mass is 16.5. The molecular weight excluding hydrogens is 202 g/mol. The average molecular weight is 215 g/mol. The molecule has 3 rings (SSSR count). The molecule has 16 heavy (non-hydrogen) atoms. The van der Waals surface area contributed by atoms with Gasteiger partial charge in [-0.05, 0) is 12.1 Å². The highest BCUT2D eigenvalue weighted by molar-refractivity contribution is 5.66. The summed E-state index contributed by atoms with van der Waals surface area (Å²) in [7, 11) is 1.68. The lowest BCUT2D eigenvalue weighted by Gasteiger charge is -2.03. The minimum atomic E-state index is 0.861. The molecule has 0 amide bonds. The first-order chi connectivity index (χ1) is 7.88. The molecule has 0 saturated carbocycles. The van der Waals surface area contributed by atoms with Gasteiger partial charge in [-0.25, -0.2) is 0 Å². The van der Waals surface area contributed by atoms with Gasteiger partial charge in [-0.15, -0.1) is 0 Å². The maximum Gasteiger partial charge on any atom is 0.119 e. The van der Waals surface area contributed by atoms with Gasteiger partial charge >= 0.3 is 0 Å². The van der Waals surface area contributed by atoms with E-state index < -0.39 is 0 Å². The van der Waals surface area contributed by atoms with Gasteiger partial charge in [0, 0.05) is 24.2 Å². The van der Waals surface area contributed by atoms with Gasteiger partial charge in [-0.3, -0.25) is 5.10 Å². The van der Waals surface area contributed by atoms with Crippen LogP contribution in [0.1, 0.15) is 11.3 Å². The summed E-state index contributed by atoms with van der Waals surface area (Å²) in [6.07, 6.45) is 0. The molecule has 0 fully saturated rings. The second kappa shape index (κ2) is 3.64. The van der Waals surface area contributed by atoms with E-state index in [0.717, 1.165) is 30.1 Å². The van der Waals surface area contributed by atoms with Crippen molar-refractivity contribution in [2.75, 3.05) is 7.11 Å². The van der Waals surface area contributed by atoms with Crippen molar-refractivity contribution in [3.63, 3.8) is 0 Å². The van der Waals surface area contributed by atoms with Gasteiger partial charge in [-0.2, -0.15) is 5.10 Å². The van der Waals surface area contributed by atoms with Crippen molar-refractivity contribution in [2.45, 2.75) is 13.1 Å². The largest absolute Gasteiger partial charge is 0.497 e. The third-order valence-electron chi connectivity index (χ3n) is 2.90. The van der Waals surface area contributed by atoms with Crippen LogP contribution in [0.25, 0.3) is 11.3 Å². The van der Waals surface area contributed by atoms with Crippen LogP contribution in [-0.2, 0) is 13.1 Å². The quantitative estimate of drug-likeness (QED) is 0.801. The molecular formula is C12H13N3O. The number of ether oxygens (including phenoxy) is 1. The zero-order valence-corrected chi connectivity index (χ0v) is 9.08. The van der Waals surface area contributed by atoms with Gasteiger partial charge in [0.15, 0.2) is 0 Å². The Labute approximate surface area is 93.6 Å². The molecule has 4 heteroatoms. The number of hydrogen-bond acceptors (Lipinski definition) is 3. The Morgan fingerprint density at radius 1 is 1.31 bits per heavy atom.